The van der Waals surface area contributed by atoms with Crippen molar-refractivity contribution in [2.45, 2.75) is 19.8 Å². The van der Waals surface area contributed by atoms with Crippen LogP contribution in [0.15, 0.2) is 36.4 Å². The summed E-state index contributed by atoms with van der Waals surface area (Å²) in [6.07, 6.45) is 3.85. The number of hydrogen-bond donors (Lipinski definition) is 1. The molecule has 0 atom stereocenters. The zero-order valence-electron chi connectivity index (χ0n) is 7.33. The average molecular weight is 162 g/mol. The molecule has 0 heterocycles. The molecule has 1 N–H and O–H groups in total. The number of aliphatic hydroxyl groups excluding tert-OH is 1. The number of benzene rings is 1. The van der Waals surface area contributed by atoms with Gasteiger partial charge in [0.25, 0.3) is 0 Å². The Morgan fingerprint density at radius 1 is 1.33 bits per heavy atom. The van der Waals surface area contributed by atoms with Crippen molar-refractivity contribution in [1.82, 2.24) is 0 Å². The Morgan fingerprint density at radius 2 is 2.00 bits per heavy atom. The van der Waals surface area contributed by atoms with E-state index in [1.165, 1.54) is 0 Å². The van der Waals surface area contributed by atoms with Crippen LogP contribution in [0.5, 0.6) is 0 Å². The first-order valence-corrected chi connectivity index (χ1v) is 4.29. The van der Waals surface area contributed by atoms with Crippen LogP contribution in [-0.4, -0.2) is 5.11 Å². The van der Waals surface area contributed by atoms with Crippen LogP contribution in [-0.2, 0) is 0 Å². The normalized spacial score (nSPS) is 11.6. The molecule has 0 radical (unpaired) electrons. The van der Waals surface area contributed by atoms with Gasteiger partial charge in [0.2, 0.25) is 0 Å². The van der Waals surface area contributed by atoms with Gasteiger partial charge in [-0.05, 0) is 12.5 Å². The van der Waals surface area contributed by atoms with Crippen molar-refractivity contribution in [2.24, 2.45) is 0 Å². The van der Waals surface area contributed by atoms with Gasteiger partial charge in [-0.15, -0.1) is 0 Å². The maximum Gasteiger partial charge on any atom is 0.118 e. The molecule has 0 aliphatic heterocycles. The lowest BCUT2D eigenvalue weighted by molar-refractivity contribution is 0.509. The second kappa shape index (κ2) is 4.60. The summed E-state index contributed by atoms with van der Waals surface area (Å²) >= 11 is 0. The molecule has 12 heavy (non-hydrogen) atoms. The SMILES string of the molecule is CCCC=C(O)c1ccccc1. The molecule has 1 aromatic rings. The van der Waals surface area contributed by atoms with Crippen molar-refractivity contribution in [1.29, 1.82) is 0 Å². The monoisotopic (exact) mass is 162 g/mol. The third-order valence-electron chi connectivity index (χ3n) is 1.70. The van der Waals surface area contributed by atoms with Gasteiger partial charge in [0, 0.05) is 5.56 Å². The predicted molar refractivity (Wildman–Crippen MR) is 52.0 cm³/mol. The number of unbranched alkanes of at least 4 members (excludes halogenated alkanes) is 1. The highest BCUT2D eigenvalue weighted by molar-refractivity contribution is 5.57. The van der Waals surface area contributed by atoms with E-state index in [1.807, 2.05) is 36.4 Å². The Labute approximate surface area is 73.4 Å². The lowest BCUT2D eigenvalue weighted by Gasteiger charge is -1.98. The van der Waals surface area contributed by atoms with Gasteiger partial charge in [-0.25, -0.2) is 0 Å². The van der Waals surface area contributed by atoms with Crippen molar-refractivity contribution < 1.29 is 5.11 Å². The van der Waals surface area contributed by atoms with E-state index < -0.39 is 0 Å². The van der Waals surface area contributed by atoms with Crippen molar-refractivity contribution in [3.63, 3.8) is 0 Å². The summed E-state index contributed by atoms with van der Waals surface area (Å²) in [7, 11) is 0. The summed E-state index contributed by atoms with van der Waals surface area (Å²) in [5.41, 5.74) is 0.894. The molecule has 0 aliphatic rings. The van der Waals surface area contributed by atoms with Crippen molar-refractivity contribution >= 4 is 5.76 Å². The van der Waals surface area contributed by atoms with Crippen LogP contribution < -0.4 is 0 Å². The topological polar surface area (TPSA) is 20.2 Å². The second-order valence-electron chi connectivity index (χ2n) is 2.74. The van der Waals surface area contributed by atoms with Crippen LogP contribution in [0, 0.1) is 0 Å². The molecule has 0 spiro atoms. The van der Waals surface area contributed by atoms with Crippen LogP contribution in [0.4, 0.5) is 0 Å². The molecule has 64 valence electrons. The zero-order chi connectivity index (χ0) is 8.81. The molecule has 1 heteroatoms. The molecule has 0 fully saturated rings. The number of hydrogen-bond acceptors (Lipinski definition) is 1. The third kappa shape index (κ3) is 2.42. The van der Waals surface area contributed by atoms with E-state index in [0.29, 0.717) is 5.76 Å². The van der Waals surface area contributed by atoms with Gasteiger partial charge in [0.1, 0.15) is 5.76 Å². The smallest absolute Gasteiger partial charge is 0.118 e. The minimum Gasteiger partial charge on any atom is -0.508 e. The Kier molecular flexibility index (Phi) is 3.39. The van der Waals surface area contributed by atoms with Gasteiger partial charge < -0.3 is 5.11 Å². The maximum atomic E-state index is 9.51. The fourth-order valence-corrected chi connectivity index (χ4v) is 1.01. The second-order valence-corrected chi connectivity index (χ2v) is 2.74. The zero-order valence-corrected chi connectivity index (χ0v) is 7.33. The molecule has 0 bridgehead atoms. The van der Waals surface area contributed by atoms with E-state index in [-0.39, 0.29) is 0 Å². The molecule has 0 amide bonds. The molecule has 0 saturated heterocycles. The van der Waals surface area contributed by atoms with Crippen LogP contribution >= 0.6 is 0 Å². The summed E-state index contributed by atoms with van der Waals surface area (Å²) < 4.78 is 0. The van der Waals surface area contributed by atoms with Gasteiger partial charge in [0.15, 0.2) is 0 Å². The Balaban J connectivity index is 2.71. The molecule has 0 unspecified atom stereocenters. The minimum absolute atomic E-state index is 0.387. The number of allylic oxidation sites excluding steroid dienone is 1. The van der Waals surface area contributed by atoms with Crippen LogP contribution in [0.25, 0.3) is 5.76 Å². The predicted octanol–water partition coefficient (Wildman–Crippen LogP) is 3.39. The quantitative estimate of drug-likeness (QED) is 0.675. The summed E-state index contributed by atoms with van der Waals surface area (Å²) in [6.45, 7) is 2.09. The van der Waals surface area contributed by atoms with Gasteiger partial charge in [-0.1, -0.05) is 43.7 Å². The molecule has 0 aliphatic carbocycles. The fraction of sp³-hybridized carbons (Fsp3) is 0.273. The van der Waals surface area contributed by atoms with E-state index >= 15 is 0 Å². The van der Waals surface area contributed by atoms with Crippen molar-refractivity contribution in [2.75, 3.05) is 0 Å². The van der Waals surface area contributed by atoms with E-state index in [9.17, 15) is 5.11 Å². The Hall–Kier alpha value is -1.24. The van der Waals surface area contributed by atoms with E-state index in [0.717, 1.165) is 18.4 Å². The molecule has 0 saturated carbocycles. The summed E-state index contributed by atoms with van der Waals surface area (Å²) in [4.78, 5) is 0. The fourth-order valence-electron chi connectivity index (χ4n) is 1.01. The number of rotatable bonds is 3. The highest BCUT2D eigenvalue weighted by Gasteiger charge is 1.94. The van der Waals surface area contributed by atoms with E-state index in [2.05, 4.69) is 6.92 Å². The lowest BCUT2D eigenvalue weighted by atomic mass is 10.1. The Bertz CT molecular complexity index is 249. The average Bonchev–Trinajstić information content (AvgIpc) is 2.15. The van der Waals surface area contributed by atoms with Crippen molar-refractivity contribution in [3.8, 4) is 0 Å². The highest BCUT2D eigenvalue weighted by Crippen LogP contribution is 2.11. The summed E-state index contributed by atoms with van der Waals surface area (Å²) in [5.74, 6) is 0.387. The third-order valence-corrected chi connectivity index (χ3v) is 1.70. The summed E-state index contributed by atoms with van der Waals surface area (Å²) in [5, 5.41) is 9.51. The van der Waals surface area contributed by atoms with Gasteiger partial charge in [0.05, 0.1) is 0 Å². The first-order valence-electron chi connectivity index (χ1n) is 4.29. The molecule has 0 aromatic heterocycles. The van der Waals surface area contributed by atoms with Gasteiger partial charge >= 0.3 is 0 Å². The Morgan fingerprint density at radius 3 is 2.58 bits per heavy atom. The van der Waals surface area contributed by atoms with Crippen molar-refractivity contribution in [3.05, 3.63) is 42.0 Å². The number of aliphatic hydroxyl groups is 1. The highest BCUT2D eigenvalue weighted by atomic mass is 16.3. The van der Waals surface area contributed by atoms with Crippen LogP contribution in [0.1, 0.15) is 25.3 Å². The molecule has 1 rings (SSSR count). The standard InChI is InChI=1S/C11H14O/c1-2-3-9-11(12)10-7-5-4-6-8-10/h4-9,12H,2-3H2,1H3. The van der Waals surface area contributed by atoms with Crippen LogP contribution in [0.3, 0.4) is 0 Å². The first kappa shape index (κ1) is 8.85. The lowest BCUT2D eigenvalue weighted by Crippen LogP contribution is -1.80. The molecule has 1 aromatic carbocycles. The first-order chi connectivity index (χ1) is 5.84. The van der Waals surface area contributed by atoms with Gasteiger partial charge in [-0.2, -0.15) is 0 Å². The summed E-state index contributed by atoms with van der Waals surface area (Å²) in [6, 6.07) is 9.59. The molecular formula is C11H14O. The largest absolute Gasteiger partial charge is 0.508 e. The van der Waals surface area contributed by atoms with Gasteiger partial charge in [-0.3, -0.25) is 0 Å². The van der Waals surface area contributed by atoms with E-state index in [4.69, 9.17) is 0 Å². The van der Waals surface area contributed by atoms with E-state index in [1.54, 1.807) is 0 Å². The maximum absolute atomic E-state index is 9.51. The minimum atomic E-state index is 0.387. The van der Waals surface area contributed by atoms with Crippen LogP contribution in [0.2, 0.25) is 0 Å². The molecule has 1 nitrogen and oxygen atoms in total. The molecular weight excluding hydrogens is 148 g/mol.